The number of fused-ring (bicyclic) bond motifs is 2. The molecule has 0 radical (unpaired) electrons. The van der Waals surface area contributed by atoms with Gasteiger partial charge >= 0.3 is 6.18 Å². The minimum absolute atomic E-state index is 0.263. The number of H-pyrrole nitrogens is 1. The van der Waals surface area contributed by atoms with Gasteiger partial charge in [-0.15, -0.1) is 0 Å². The summed E-state index contributed by atoms with van der Waals surface area (Å²) in [7, 11) is 0. The third-order valence-electron chi connectivity index (χ3n) is 7.48. The summed E-state index contributed by atoms with van der Waals surface area (Å²) < 4.78 is 38.9. The molecule has 5 rings (SSSR count). The zero-order valence-corrected chi connectivity index (χ0v) is 21.1. The highest BCUT2D eigenvalue weighted by Gasteiger charge is 2.29. The first-order valence-corrected chi connectivity index (χ1v) is 12.7. The number of alkyl halides is 3. The number of nitriles is 1. The Morgan fingerprint density at radius 2 is 2.00 bits per heavy atom. The van der Waals surface area contributed by atoms with E-state index in [1.165, 1.54) is 17.2 Å². The zero-order valence-electron chi connectivity index (χ0n) is 21.1. The third-order valence-corrected chi connectivity index (χ3v) is 7.48. The molecule has 1 aliphatic rings. The van der Waals surface area contributed by atoms with E-state index >= 15 is 0 Å². The number of anilines is 1. The fourth-order valence-electron chi connectivity index (χ4n) is 5.53. The van der Waals surface area contributed by atoms with Gasteiger partial charge in [0.05, 0.1) is 11.9 Å². The normalized spacial score (nSPS) is 16.2. The molecule has 1 N–H and O–H groups in total. The number of aromatic amines is 1. The summed E-state index contributed by atoms with van der Waals surface area (Å²) in [6, 6.07) is 15.1. The second kappa shape index (κ2) is 10.1. The number of nitrogens with one attached hydrogen (secondary N) is 1. The van der Waals surface area contributed by atoms with Gasteiger partial charge in [-0.25, -0.2) is 0 Å². The Morgan fingerprint density at radius 1 is 1.16 bits per heavy atom. The summed E-state index contributed by atoms with van der Waals surface area (Å²) in [4.78, 5) is 12.3. The lowest BCUT2D eigenvalue weighted by Crippen LogP contribution is -2.31. The van der Waals surface area contributed by atoms with Crippen LogP contribution in [0.3, 0.4) is 0 Å². The van der Waals surface area contributed by atoms with Crippen molar-refractivity contribution in [2.24, 2.45) is 5.92 Å². The van der Waals surface area contributed by atoms with Gasteiger partial charge in [0.1, 0.15) is 11.8 Å². The Labute approximate surface area is 214 Å². The molecule has 37 heavy (non-hydrogen) atoms. The van der Waals surface area contributed by atoms with Crippen molar-refractivity contribution in [2.45, 2.75) is 39.4 Å². The van der Waals surface area contributed by atoms with Gasteiger partial charge in [0.15, 0.2) is 0 Å². The Bertz CT molecular complexity index is 1470. The summed E-state index contributed by atoms with van der Waals surface area (Å²) in [6.45, 7) is 8.72. The van der Waals surface area contributed by atoms with Crippen LogP contribution < -0.4 is 4.90 Å². The minimum Gasteiger partial charge on any atom is -0.371 e. The zero-order chi connectivity index (χ0) is 26.2. The molecule has 1 atom stereocenters. The van der Waals surface area contributed by atoms with Crippen LogP contribution in [0.2, 0.25) is 0 Å². The molecular formula is C29H30F3N5. The molecule has 1 aliphatic heterocycles. The van der Waals surface area contributed by atoms with Crippen LogP contribution in [-0.4, -0.2) is 47.2 Å². The van der Waals surface area contributed by atoms with Gasteiger partial charge in [-0.05, 0) is 72.8 Å². The van der Waals surface area contributed by atoms with E-state index in [1.54, 1.807) is 18.3 Å². The van der Waals surface area contributed by atoms with E-state index in [9.17, 15) is 18.4 Å². The molecule has 0 bridgehead atoms. The highest BCUT2D eigenvalue weighted by atomic mass is 19.4. The average Bonchev–Trinajstić information content (AvgIpc) is 3.51. The molecule has 0 amide bonds. The van der Waals surface area contributed by atoms with Crippen molar-refractivity contribution < 1.29 is 13.2 Å². The number of halogens is 3. The topological polar surface area (TPSA) is 59.0 Å². The monoisotopic (exact) mass is 505 g/mol. The first-order valence-electron chi connectivity index (χ1n) is 12.7. The SMILES string of the molecule is CCN(Cc1ccc2[nH]c(C#N)cc2c1C)C[C@@H]1CCN(c2ccnc3ccc(CC(F)(F)F)cc23)C1. The van der Waals surface area contributed by atoms with Gasteiger partial charge in [-0.3, -0.25) is 9.88 Å². The Morgan fingerprint density at radius 3 is 2.76 bits per heavy atom. The standard InChI is InChI=1S/C29H30F3N5/c1-3-36(18-22-5-7-27-24(19(22)2)13-23(15-33)35-27)16-21-9-11-37(17-21)28-8-10-34-26-6-4-20(12-25(26)28)14-29(30,31)32/h4-8,10,12-13,21,35H,3,9,11,14,16-18H2,1-2H3/t21-/m0/s1. The summed E-state index contributed by atoms with van der Waals surface area (Å²) in [5, 5.41) is 11.1. The van der Waals surface area contributed by atoms with Crippen LogP contribution in [0.1, 0.15) is 35.7 Å². The molecule has 8 heteroatoms. The van der Waals surface area contributed by atoms with Crippen LogP contribution in [0.25, 0.3) is 21.8 Å². The Balaban J connectivity index is 1.30. The fourth-order valence-corrected chi connectivity index (χ4v) is 5.53. The maximum atomic E-state index is 13.0. The van der Waals surface area contributed by atoms with Gasteiger partial charge in [0.25, 0.3) is 0 Å². The number of benzene rings is 2. The summed E-state index contributed by atoms with van der Waals surface area (Å²) in [5.41, 5.74) is 5.94. The van der Waals surface area contributed by atoms with Crippen molar-refractivity contribution in [1.29, 1.82) is 5.26 Å². The summed E-state index contributed by atoms with van der Waals surface area (Å²) >= 11 is 0. The number of nitrogens with zero attached hydrogens (tertiary/aromatic N) is 4. The van der Waals surface area contributed by atoms with Gasteiger partial charge in [0.2, 0.25) is 0 Å². The lowest BCUT2D eigenvalue weighted by molar-refractivity contribution is -0.127. The molecule has 192 valence electrons. The Kier molecular flexibility index (Phi) is 6.82. The highest BCUT2D eigenvalue weighted by molar-refractivity contribution is 5.92. The predicted molar refractivity (Wildman–Crippen MR) is 141 cm³/mol. The van der Waals surface area contributed by atoms with Crippen molar-refractivity contribution in [1.82, 2.24) is 14.9 Å². The second-order valence-corrected chi connectivity index (χ2v) is 10.0. The smallest absolute Gasteiger partial charge is 0.371 e. The molecule has 2 aromatic carbocycles. The molecule has 0 saturated carbocycles. The largest absolute Gasteiger partial charge is 0.393 e. The van der Waals surface area contributed by atoms with Crippen molar-refractivity contribution in [3.05, 3.63) is 71.0 Å². The second-order valence-electron chi connectivity index (χ2n) is 10.0. The molecule has 1 saturated heterocycles. The molecule has 0 spiro atoms. The van der Waals surface area contributed by atoms with Crippen LogP contribution in [0, 0.1) is 24.2 Å². The maximum absolute atomic E-state index is 13.0. The number of pyridine rings is 1. The minimum atomic E-state index is -4.24. The average molecular weight is 506 g/mol. The quantitative estimate of drug-likeness (QED) is 0.318. The number of rotatable bonds is 7. The van der Waals surface area contributed by atoms with E-state index in [-0.39, 0.29) is 5.56 Å². The van der Waals surface area contributed by atoms with Gasteiger partial charge in [-0.1, -0.05) is 19.1 Å². The molecule has 0 aliphatic carbocycles. The van der Waals surface area contributed by atoms with E-state index < -0.39 is 12.6 Å². The van der Waals surface area contributed by atoms with Crippen molar-refractivity contribution >= 4 is 27.5 Å². The molecule has 1 fully saturated rings. The van der Waals surface area contributed by atoms with E-state index in [0.29, 0.717) is 11.6 Å². The maximum Gasteiger partial charge on any atom is 0.393 e. The van der Waals surface area contributed by atoms with Crippen molar-refractivity contribution in [3.8, 4) is 6.07 Å². The molecule has 2 aromatic heterocycles. The Hall–Kier alpha value is -3.57. The molecular weight excluding hydrogens is 475 g/mol. The van der Waals surface area contributed by atoms with Crippen LogP contribution in [0.4, 0.5) is 18.9 Å². The van der Waals surface area contributed by atoms with E-state index in [1.807, 2.05) is 18.2 Å². The van der Waals surface area contributed by atoms with Crippen molar-refractivity contribution in [3.63, 3.8) is 0 Å². The number of hydrogen-bond donors (Lipinski definition) is 1. The van der Waals surface area contributed by atoms with E-state index in [2.05, 4.69) is 45.8 Å². The number of aromatic nitrogens is 2. The van der Waals surface area contributed by atoms with E-state index in [4.69, 9.17) is 0 Å². The lowest BCUT2D eigenvalue weighted by atomic mass is 10.0. The first kappa shape index (κ1) is 25.1. The van der Waals surface area contributed by atoms with Crippen LogP contribution >= 0.6 is 0 Å². The molecule has 5 nitrogen and oxygen atoms in total. The third kappa shape index (κ3) is 5.42. The number of aryl methyl sites for hydroxylation is 1. The van der Waals surface area contributed by atoms with Crippen LogP contribution in [0.5, 0.6) is 0 Å². The van der Waals surface area contributed by atoms with Gasteiger partial charge < -0.3 is 9.88 Å². The lowest BCUT2D eigenvalue weighted by Gasteiger charge is -2.26. The van der Waals surface area contributed by atoms with Crippen LogP contribution in [0.15, 0.2) is 48.7 Å². The molecule has 3 heterocycles. The predicted octanol–water partition coefficient (Wildman–Crippen LogP) is 6.35. The molecule has 4 aromatic rings. The first-order chi connectivity index (χ1) is 17.7. The van der Waals surface area contributed by atoms with Crippen molar-refractivity contribution in [2.75, 3.05) is 31.1 Å². The van der Waals surface area contributed by atoms with Crippen LogP contribution in [-0.2, 0) is 13.0 Å². The van der Waals surface area contributed by atoms with Gasteiger partial charge in [-0.2, -0.15) is 18.4 Å². The fraction of sp³-hybridized carbons (Fsp3) is 0.379. The highest BCUT2D eigenvalue weighted by Crippen LogP contribution is 2.33. The summed E-state index contributed by atoms with van der Waals surface area (Å²) in [6.07, 6.45) is -2.40. The summed E-state index contributed by atoms with van der Waals surface area (Å²) in [5.74, 6) is 0.461. The van der Waals surface area contributed by atoms with Gasteiger partial charge in [0, 0.05) is 54.4 Å². The molecule has 0 unspecified atom stereocenters. The van der Waals surface area contributed by atoms with E-state index in [0.717, 1.165) is 66.6 Å². The number of hydrogen-bond acceptors (Lipinski definition) is 4.